The Kier molecular flexibility index (Phi) is 9.84. The van der Waals surface area contributed by atoms with Gasteiger partial charge in [-0.25, -0.2) is 9.78 Å². The maximum Gasteiger partial charge on any atom is 0.350 e. The van der Waals surface area contributed by atoms with Gasteiger partial charge in [0.15, 0.2) is 5.29 Å². The second-order valence-corrected chi connectivity index (χ2v) is 9.15. The number of thiophene rings is 2. The van der Waals surface area contributed by atoms with E-state index in [0.717, 1.165) is 20.2 Å². The molecule has 0 spiro atoms. The molecule has 0 saturated heterocycles. The maximum absolute atomic E-state index is 11.6. The van der Waals surface area contributed by atoms with Crippen molar-refractivity contribution < 1.29 is 9.53 Å². The Morgan fingerprint density at radius 2 is 1.63 bits per heavy atom. The molecule has 0 radical (unpaired) electrons. The summed E-state index contributed by atoms with van der Waals surface area (Å²) in [5, 5.41) is 7.59. The molecule has 5 rings (SSSR count). The van der Waals surface area contributed by atoms with Crippen molar-refractivity contribution in [3.05, 3.63) is 63.8 Å². The van der Waals surface area contributed by atoms with Crippen LogP contribution < -0.4 is 22.8 Å². The lowest BCUT2D eigenvalue weighted by atomic mass is 10.2. The predicted octanol–water partition coefficient (Wildman–Crippen LogP) is 4.92. The number of nitrogens with two attached hydrogens (primary N) is 3. The molecular weight excluding hydrogens is 531 g/mol. The number of ether oxygens (including phenoxy) is 1. The molecule has 0 aliphatic heterocycles. The first-order valence-corrected chi connectivity index (χ1v) is 11.8. The number of nitrogen functional groups attached to an aromatic ring is 2. The Labute approximate surface area is 218 Å². The highest BCUT2D eigenvalue weighted by Gasteiger charge is 2.16. The number of carbonyl (C=O) groups excluding carboxylic acids is 1. The van der Waals surface area contributed by atoms with Gasteiger partial charge >= 0.3 is 5.97 Å². The van der Waals surface area contributed by atoms with Crippen LogP contribution in [0.15, 0.2) is 53.3 Å². The van der Waals surface area contributed by atoms with Gasteiger partial charge in [0, 0.05) is 20.2 Å². The topological polar surface area (TPSA) is 174 Å². The molecule has 35 heavy (non-hydrogen) atoms. The summed E-state index contributed by atoms with van der Waals surface area (Å²) >= 11 is 7.44. The number of hydrogen-bond donors (Lipinski definition) is 5. The van der Waals surface area contributed by atoms with E-state index >= 15 is 0 Å². The molecule has 184 valence electrons. The maximum atomic E-state index is 11.6. The van der Waals surface area contributed by atoms with Crippen LogP contribution in [0.1, 0.15) is 16.6 Å². The van der Waals surface area contributed by atoms with Crippen molar-refractivity contribution in [3.63, 3.8) is 0 Å². The fourth-order valence-corrected chi connectivity index (χ4v) is 5.09. The number of halogens is 2. The van der Waals surface area contributed by atoms with Crippen LogP contribution in [0, 0.1) is 5.41 Å². The van der Waals surface area contributed by atoms with E-state index in [1.807, 2.05) is 48.5 Å². The number of carbonyl (C=O) groups is 1. The van der Waals surface area contributed by atoms with Crippen molar-refractivity contribution in [2.75, 3.05) is 18.1 Å². The molecule has 5 aromatic rings. The van der Waals surface area contributed by atoms with Gasteiger partial charge in [-0.15, -0.1) is 35.1 Å². The lowest BCUT2D eigenvalue weighted by Crippen LogP contribution is -2.09. The van der Waals surface area contributed by atoms with Crippen LogP contribution in [0.2, 0.25) is 0 Å². The Hall–Kier alpha value is -3.38. The summed E-state index contributed by atoms with van der Waals surface area (Å²) in [5.41, 5.74) is 16.9. The second-order valence-electron chi connectivity index (χ2n) is 6.64. The highest BCUT2D eigenvalue weighted by molar-refractivity contribution is 7.25. The standard InChI is InChI=1S/C11H11NO2S.C10H7N3OS.CH3ClN2.ClH/c1-2-14-11(13)10-9(12)7-5-3-4-6-8(7)15-10;11-10-12-7-5-3-1-2-4-6(5)15-8(7)9(14)13-10;2-1(3)4;/h3-6H,2,12H2,1H3;1-4H,(H3,11,12,13,14);(H3,3,4);1H. The van der Waals surface area contributed by atoms with Crippen LogP contribution in [-0.4, -0.2) is 27.8 Å². The number of fused-ring (bicyclic) bond motifs is 4. The smallest absolute Gasteiger partial charge is 0.350 e. The zero-order valence-corrected chi connectivity index (χ0v) is 21.5. The number of anilines is 2. The van der Waals surface area contributed by atoms with E-state index in [1.165, 1.54) is 22.7 Å². The van der Waals surface area contributed by atoms with E-state index < -0.39 is 0 Å². The van der Waals surface area contributed by atoms with Crippen molar-refractivity contribution in [2.45, 2.75) is 6.92 Å². The fourth-order valence-electron chi connectivity index (χ4n) is 3.03. The normalized spacial score (nSPS) is 10.0. The lowest BCUT2D eigenvalue weighted by molar-refractivity contribution is 0.0533. The molecule has 0 aliphatic rings. The van der Waals surface area contributed by atoms with E-state index in [-0.39, 0.29) is 35.2 Å². The average molecular weight is 553 g/mol. The van der Waals surface area contributed by atoms with E-state index in [4.69, 9.17) is 21.6 Å². The summed E-state index contributed by atoms with van der Waals surface area (Å²) in [6, 6.07) is 15.5. The number of benzene rings is 2. The van der Waals surface area contributed by atoms with Crippen LogP contribution in [0.3, 0.4) is 0 Å². The van der Waals surface area contributed by atoms with Gasteiger partial charge in [-0.2, -0.15) is 0 Å². The first-order chi connectivity index (χ1) is 16.2. The van der Waals surface area contributed by atoms with E-state index in [1.54, 1.807) is 6.92 Å². The molecule has 0 unspecified atom stereocenters. The molecule has 2 aromatic carbocycles. The molecular formula is C22H22Cl2N6O3S2. The number of nitrogens with zero attached hydrogens (tertiary/aromatic N) is 1. The van der Waals surface area contributed by atoms with E-state index in [2.05, 4.69) is 27.3 Å². The van der Waals surface area contributed by atoms with Gasteiger partial charge in [0.2, 0.25) is 5.95 Å². The largest absolute Gasteiger partial charge is 0.462 e. The lowest BCUT2D eigenvalue weighted by Gasteiger charge is -1.98. The monoisotopic (exact) mass is 552 g/mol. The Balaban J connectivity index is 0.000000210. The first-order valence-electron chi connectivity index (χ1n) is 9.83. The molecule has 0 saturated carbocycles. The molecule has 0 bridgehead atoms. The van der Waals surface area contributed by atoms with E-state index in [9.17, 15) is 9.59 Å². The van der Waals surface area contributed by atoms with Crippen LogP contribution in [0.25, 0.3) is 30.4 Å². The summed E-state index contributed by atoms with van der Waals surface area (Å²) in [5.74, 6) is -0.174. The third kappa shape index (κ3) is 6.61. The summed E-state index contributed by atoms with van der Waals surface area (Å²) in [7, 11) is 0. The van der Waals surface area contributed by atoms with Gasteiger partial charge in [0.1, 0.15) is 9.58 Å². The number of hydrogen-bond acceptors (Lipinski definition) is 9. The molecule has 13 heteroatoms. The highest BCUT2D eigenvalue weighted by Crippen LogP contribution is 2.33. The van der Waals surface area contributed by atoms with Crippen molar-refractivity contribution in [2.24, 2.45) is 5.73 Å². The summed E-state index contributed by atoms with van der Waals surface area (Å²) < 4.78 is 7.62. The summed E-state index contributed by atoms with van der Waals surface area (Å²) in [4.78, 5) is 30.3. The van der Waals surface area contributed by atoms with Gasteiger partial charge in [-0.1, -0.05) is 36.4 Å². The van der Waals surface area contributed by atoms with Crippen molar-refractivity contribution in [3.8, 4) is 0 Å². The van der Waals surface area contributed by atoms with Crippen LogP contribution >= 0.6 is 46.7 Å². The van der Waals surface area contributed by atoms with Crippen LogP contribution in [0.5, 0.6) is 0 Å². The van der Waals surface area contributed by atoms with Gasteiger partial charge < -0.3 is 21.9 Å². The number of amidine groups is 1. The predicted molar refractivity (Wildman–Crippen MR) is 149 cm³/mol. The fraction of sp³-hybridized carbons (Fsp3) is 0.0909. The SMILES string of the molecule is CCOC(=O)c1sc2ccccc2c1N.Cl.N=C(N)Cl.Nc1nc2c(sc3ccccc32)c(=O)[nH]1. The minimum absolute atomic E-state index is 0. The second kappa shape index (κ2) is 12.4. The number of H-pyrrole nitrogens is 1. The Bertz CT molecular complexity index is 1540. The number of esters is 1. The zero-order chi connectivity index (χ0) is 24.8. The molecule has 0 atom stereocenters. The highest BCUT2D eigenvalue weighted by atomic mass is 35.5. The number of aromatic nitrogens is 2. The molecule has 0 amide bonds. The number of nitrogens with one attached hydrogen (secondary N) is 2. The van der Waals surface area contributed by atoms with Gasteiger partial charge in [-0.05, 0) is 30.7 Å². The number of rotatable bonds is 2. The average Bonchev–Trinajstić information content (AvgIpc) is 3.33. The zero-order valence-electron chi connectivity index (χ0n) is 18.3. The Morgan fingerprint density at radius 3 is 2.20 bits per heavy atom. The molecule has 0 fully saturated rings. The third-order valence-electron chi connectivity index (χ3n) is 4.34. The molecule has 8 N–H and O–H groups in total. The van der Waals surface area contributed by atoms with Gasteiger partial charge in [-0.3, -0.25) is 15.2 Å². The van der Waals surface area contributed by atoms with Crippen molar-refractivity contribution in [1.29, 1.82) is 5.41 Å². The third-order valence-corrected chi connectivity index (χ3v) is 6.67. The Morgan fingerprint density at radius 1 is 1.09 bits per heavy atom. The molecule has 9 nitrogen and oxygen atoms in total. The summed E-state index contributed by atoms with van der Waals surface area (Å²) in [6.45, 7) is 2.15. The van der Waals surface area contributed by atoms with Gasteiger partial charge in [0.25, 0.3) is 5.56 Å². The van der Waals surface area contributed by atoms with Crippen LogP contribution in [0.4, 0.5) is 11.6 Å². The minimum atomic E-state index is -0.361. The minimum Gasteiger partial charge on any atom is -0.462 e. The summed E-state index contributed by atoms with van der Waals surface area (Å²) in [6.07, 6.45) is 0. The van der Waals surface area contributed by atoms with E-state index in [0.29, 0.717) is 27.4 Å². The van der Waals surface area contributed by atoms with Crippen molar-refractivity contribution in [1.82, 2.24) is 9.97 Å². The molecule has 3 heterocycles. The van der Waals surface area contributed by atoms with Crippen molar-refractivity contribution >= 4 is 100.0 Å². The quantitative estimate of drug-likeness (QED) is 0.0892. The molecule has 3 aromatic heterocycles. The molecule has 0 aliphatic carbocycles. The van der Waals surface area contributed by atoms with Crippen LogP contribution in [-0.2, 0) is 4.74 Å². The van der Waals surface area contributed by atoms with Gasteiger partial charge in [0.05, 0.1) is 17.8 Å². The first kappa shape index (κ1) is 27.9. The number of aromatic amines is 1.